The Morgan fingerprint density at radius 3 is 2.44 bits per heavy atom. The maximum Gasteiger partial charge on any atom is 0.152 e. The molecule has 1 heterocycles. The van der Waals surface area contributed by atoms with E-state index >= 15 is 0 Å². The minimum Gasteiger partial charge on any atom is -0.467 e. The molecule has 1 atom stereocenters. The molecule has 0 fully saturated rings. The Morgan fingerprint density at radius 2 is 1.89 bits per heavy atom. The quantitative estimate of drug-likeness (QED) is 0.885. The number of rotatable bonds is 4. The van der Waals surface area contributed by atoms with E-state index in [1.165, 1.54) is 12.3 Å². The molecule has 0 radical (unpaired) electrons. The lowest BCUT2D eigenvalue weighted by atomic mass is 10.2. The molecule has 0 aliphatic rings. The van der Waals surface area contributed by atoms with Crippen LogP contribution in [0.15, 0.2) is 34.9 Å². The van der Waals surface area contributed by atoms with Crippen molar-refractivity contribution in [2.75, 3.05) is 11.9 Å². The fraction of sp³-hybridized carbons (Fsp3) is 0.167. The number of aliphatic hydroxyl groups excluding tert-OH is 1. The highest BCUT2D eigenvalue weighted by atomic mass is 19.1. The first-order valence-corrected chi connectivity index (χ1v) is 5.18. The Balaban J connectivity index is 2.07. The van der Waals surface area contributed by atoms with Crippen LogP contribution in [0.1, 0.15) is 11.9 Å². The average Bonchev–Trinajstić information content (AvgIpc) is 2.80. The summed E-state index contributed by atoms with van der Waals surface area (Å²) in [7, 11) is 0. The molecule has 3 nitrogen and oxygen atoms in total. The van der Waals surface area contributed by atoms with Crippen LogP contribution < -0.4 is 5.32 Å². The number of hydrogen-bond donors (Lipinski definition) is 2. The monoisotopic (exact) mass is 257 g/mol. The van der Waals surface area contributed by atoms with Gasteiger partial charge in [0.2, 0.25) is 0 Å². The minimum absolute atomic E-state index is 0.160. The lowest BCUT2D eigenvalue weighted by Gasteiger charge is -2.12. The van der Waals surface area contributed by atoms with Crippen LogP contribution in [0.2, 0.25) is 0 Å². The highest BCUT2D eigenvalue weighted by Crippen LogP contribution is 2.21. The van der Waals surface area contributed by atoms with Gasteiger partial charge in [-0.05, 0) is 12.1 Å². The Kier molecular flexibility index (Phi) is 3.57. The molecule has 1 aromatic heterocycles. The lowest BCUT2D eigenvalue weighted by Crippen LogP contribution is -2.13. The Labute approximate surface area is 101 Å². The van der Waals surface area contributed by atoms with E-state index in [0.29, 0.717) is 12.1 Å². The molecule has 0 saturated heterocycles. The van der Waals surface area contributed by atoms with Gasteiger partial charge < -0.3 is 14.8 Å². The summed E-state index contributed by atoms with van der Waals surface area (Å²) in [6.45, 7) is -0.160. The molecule has 1 unspecified atom stereocenters. The Hall–Kier alpha value is -1.95. The van der Waals surface area contributed by atoms with Crippen molar-refractivity contribution in [2.24, 2.45) is 0 Å². The zero-order valence-electron chi connectivity index (χ0n) is 9.16. The van der Waals surface area contributed by atoms with E-state index in [9.17, 15) is 18.3 Å². The maximum atomic E-state index is 13.3. The summed E-state index contributed by atoms with van der Waals surface area (Å²) in [5.74, 6) is -2.84. The van der Waals surface area contributed by atoms with Gasteiger partial charge in [0, 0.05) is 18.7 Å². The third-order valence-electron chi connectivity index (χ3n) is 2.35. The van der Waals surface area contributed by atoms with E-state index in [2.05, 4.69) is 5.32 Å². The molecule has 6 heteroatoms. The van der Waals surface area contributed by atoms with Crippen molar-refractivity contribution >= 4 is 5.69 Å². The van der Waals surface area contributed by atoms with Gasteiger partial charge in [-0.3, -0.25) is 0 Å². The van der Waals surface area contributed by atoms with Gasteiger partial charge in [0.05, 0.1) is 6.26 Å². The molecule has 0 saturated carbocycles. The Morgan fingerprint density at radius 1 is 1.22 bits per heavy atom. The molecule has 1 aromatic carbocycles. The van der Waals surface area contributed by atoms with Crippen molar-refractivity contribution in [2.45, 2.75) is 6.10 Å². The van der Waals surface area contributed by atoms with E-state index in [0.717, 1.165) is 0 Å². The molecule has 18 heavy (non-hydrogen) atoms. The molecule has 0 aliphatic heterocycles. The zero-order chi connectivity index (χ0) is 13.1. The second kappa shape index (κ2) is 5.14. The van der Waals surface area contributed by atoms with Crippen LogP contribution >= 0.6 is 0 Å². The van der Waals surface area contributed by atoms with Crippen LogP contribution in [0.5, 0.6) is 0 Å². The molecular weight excluding hydrogens is 247 g/mol. The number of halogens is 3. The summed E-state index contributed by atoms with van der Waals surface area (Å²) in [5, 5.41) is 12.0. The summed E-state index contributed by atoms with van der Waals surface area (Å²) >= 11 is 0. The highest BCUT2D eigenvalue weighted by Gasteiger charge is 2.15. The minimum atomic E-state index is -1.06. The van der Waals surface area contributed by atoms with Gasteiger partial charge >= 0.3 is 0 Å². The van der Waals surface area contributed by atoms with E-state index in [-0.39, 0.29) is 12.3 Å². The number of aliphatic hydroxyl groups is 1. The summed E-state index contributed by atoms with van der Waals surface area (Å²) in [6.07, 6.45) is 0.321. The smallest absolute Gasteiger partial charge is 0.152 e. The van der Waals surface area contributed by atoms with Gasteiger partial charge in [-0.2, -0.15) is 0 Å². The topological polar surface area (TPSA) is 45.4 Å². The molecular formula is C12H10F3NO2. The first-order chi connectivity index (χ1) is 8.58. The zero-order valence-corrected chi connectivity index (χ0v) is 9.16. The number of furan rings is 1. The first kappa shape index (κ1) is 12.5. The Bertz CT molecular complexity index is 505. The van der Waals surface area contributed by atoms with E-state index in [1.54, 1.807) is 6.07 Å². The van der Waals surface area contributed by atoms with Gasteiger partial charge in [0.1, 0.15) is 23.4 Å². The third-order valence-corrected chi connectivity index (χ3v) is 2.35. The van der Waals surface area contributed by atoms with E-state index in [4.69, 9.17) is 4.42 Å². The SMILES string of the molecule is OC(CNc1c(F)cc(F)cc1F)c1ccco1. The highest BCUT2D eigenvalue weighted by molar-refractivity contribution is 5.46. The fourth-order valence-electron chi connectivity index (χ4n) is 1.49. The van der Waals surface area contributed by atoms with Gasteiger partial charge in [-0.1, -0.05) is 0 Å². The number of benzene rings is 1. The summed E-state index contributed by atoms with van der Waals surface area (Å²) < 4.78 is 44.1. The molecule has 0 spiro atoms. The number of anilines is 1. The fourth-order valence-corrected chi connectivity index (χ4v) is 1.49. The molecule has 2 aromatic rings. The molecule has 0 aliphatic carbocycles. The predicted molar refractivity (Wildman–Crippen MR) is 58.5 cm³/mol. The molecule has 0 bridgehead atoms. The predicted octanol–water partition coefficient (Wildman–Crippen LogP) is 2.84. The number of hydrogen-bond acceptors (Lipinski definition) is 3. The van der Waals surface area contributed by atoms with Crippen LogP contribution in [0.4, 0.5) is 18.9 Å². The third kappa shape index (κ3) is 2.65. The van der Waals surface area contributed by atoms with Crippen LogP contribution in [-0.4, -0.2) is 11.7 Å². The molecule has 96 valence electrons. The van der Waals surface area contributed by atoms with Crippen molar-refractivity contribution in [3.05, 3.63) is 53.7 Å². The average molecular weight is 257 g/mol. The number of nitrogens with one attached hydrogen (secondary N) is 1. The van der Waals surface area contributed by atoms with Gasteiger partial charge in [0.25, 0.3) is 0 Å². The normalized spacial score (nSPS) is 12.4. The maximum absolute atomic E-state index is 13.3. The van der Waals surface area contributed by atoms with E-state index in [1.807, 2.05) is 0 Å². The standard InChI is InChI=1S/C12H10F3NO2/c13-7-4-8(14)12(9(15)5-7)16-6-10(17)11-2-1-3-18-11/h1-5,10,16-17H,6H2. The lowest BCUT2D eigenvalue weighted by molar-refractivity contribution is 0.162. The van der Waals surface area contributed by atoms with Crippen molar-refractivity contribution in [1.29, 1.82) is 0 Å². The summed E-state index contributed by atoms with van der Waals surface area (Å²) in [4.78, 5) is 0. The van der Waals surface area contributed by atoms with Crippen LogP contribution in [0, 0.1) is 17.5 Å². The van der Waals surface area contributed by atoms with Crippen LogP contribution in [0.3, 0.4) is 0 Å². The molecule has 2 N–H and O–H groups in total. The summed E-state index contributed by atoms with van der Waals surface area (Å²) in [5.41, 5.74) is -0.484. The van der Waals surface area contributed by atoms with Gasteiger partial charge in [-0.15, -0.1) is 0 Å². The van der Waals surface area contributed by atoms with Crippen molar-refractivity contribution < 1.29 is 22.7 Å². The largest absolute Gasteiger partial charge is 0.467 e. The van der Waals surface area contributed by atoms with Crippen molar-refractivity contribution in [3.8, 4) is 0 Å². The molecule has 0 amide bonds. The first-order valence-electron chi connectivity index (χ1n) is 5.18. The second-order valence-electron chi connectivity index (χ2n) is 3.66. The van der Waals surface area contributed by atoms with Crippen LogP contribution in [-0.2, 0) is 0 Å². The van der Waals surface area contributed by atoms with Crippen molar-refractivity contribution in [1.82, 2.24) is 0 Å². The second-order valence-corrected chi connectivity index (χ2v) is 3.66. The van der Waals surface area contributed by atoms with Gasteiger partial charge in [0.15, 0.2) is 11.6 Å². The molecule has 2 rings (SSSR count). The van der Waals surface area contributed by atoms with Crippen molar-refractivity contribution in [3.63, 3.8) is 0 Å². The van der Waals surface area contributed by atoms with E-state index < -0.39 is 29.2 Å². The van der Waals surface area contributed by atoms with Crippen LogP contribution in [0.25, 0.3) is 0 Å². The van der Waals surface area contributed by atoms with Gasteiger partial charge in [-0.25, -0.2) is 13.2 Å². The summed E-state index contributed by atoms with van der Waals surface area (Å²) in [6, 6.07) is 4.23.